The highest BCUT2D eigenvalue weighted by Gasteiger charge is 2.08. The zero-order valence-corrected chi connectivity index (χ0v) is 12.3. The number of fused-ring (bicyclic) bond motifs is 1. The van der Waals surface area contributed by atoms with Crippen LogP contribution in [0.1, 0.15) is 5.56 Å². The highest BCUT2D eigenvalue weighted by molar-refractivity contribution is 7.16. The van der Waals surface area contributed by atoms with Crippen LogP contribution < -0.4 is 16.6 Å². The van der Waals surface area contributed by atoms with E-state index in [-0.39, 0.29) is 5.02 Å². The third kappa shape index (κ3) is 2.90. The summed E-state index contributed by atoms with van der Waals surface area (Å²) in [7, 11) is 0. The lowest BCUT2D eigenvalue weighted by molar-refractivity contribution is 0.627. The van der Waals surface area contributed by atoms with Crippen LogP contribution >= 0.6 is 22.9 Å². The van der Waals surface area contributed by atoms with Crippen molar-refractivity contribution in [1.82, 2.24) is 9.97 Å². The predicted octanol–water partition coefficient (Wildman–Crippen LogP) is 3.38. The molecule has 2 aromatic heterocycles. The van der Waals surface area contributed by atoms with E-state index in [0.29, 0.717) is 18.3 Å². The largest absolute Gasteiger partial charge is 0.365 e. The molecule has 21 heavy (non-hydrogen) atoms. The van der Waals surface area contributed by atoms with Gasteiger partial charge in [0.25, 0.3) is 0 Å². The molecule has 3 rings (SSSR count). The summed E-state index contributed by atoms with van der Waals surface area (Å²) in [4.78, 5) is 9.37. The average molecular weight is 324 g/mol. The lowest BCUT2D eigenvalue weighted by atomic mass is 10.2. The number of hydrogen-bond donors (Lipinski definition) is 3. The molecular formula is C13H11ClFN5S. The fraction of sp³-hybridized carbons (Fsp3) is 0.0769. The van der Waals surface area contributed by atoms with Crippen molar-refractivity contribution in [2.75, 3.05) is 10.7 Å². The molecule has 0 saturated heterocycles. The van der Waals surface area contributed by atoms with Crippen molar-refractivity contribution < 1.29 is 4.39 Å². The van der Waals surface area contributed by atoms with E-state index < -0.39 is 5.82 Å². The zero-order valence-electron chi connectivity index (χ0n) is 10.7. The van der Waals surface area contributed by atoms with Crippen molar-refractivity contribution in [3.8, 4) is 0 Å². The van der Waals surface area contributed by atoms with E-state index in [1.807, 2.05) is 11.4 Å². The highest BCUT2D eigenvalue weighted by Crippen LogP contribution is 2.26. The summed E-state index contributed by atoms with van der Waals surface area (Å²) in [5, 5.41) is 6.13. The molecule has 2 heterocycles. The number of hydrogen-bond acceptors (Lipinski definition) is 6. The minimum Gasteiger partial charge on any atom is -0.365 e. The van der Waals surface area contributed by atoms with Crippen LogP contribution in [0.15, 0.2) is 29.6 Å². The Kier molecular flexibility index (Phi) is 3.87. The SMILES string of the molecule is NNc1nc(NCc2ccc(F)c(Cl)c2)c2ccsc2n1. The predicted molar refractivity (Wildman–Crippen MR) is 84.0 cm³/mol. The number of nitrogens with two attached hydrogens (primary N) is 1. The van der Waals surface area contributed by atoms with E-state index in [0.717, 1.165) is 15.8 Å². The van der Waals surface area contributed by atoms with Crippen molar-refractivity contribution in [2.24, 2.45) is 5.84 Å². The number of nitrogen functional groups attached to an aromatic ring is 1. The number of halogens is 2. The van der Waals surface area contributed by atoms with Gasteiger partial charge >= 0.3 is 0 Å². The third-order valence-corrected chi connectivity index (χ3v) is 3.99. The number of anilines is 2. The Morgan fingerprint density at radius 3 is 2.90 bits per heavy atom. The molecule has 0 saturated carbocycles. The molecule has 4 N–H and O–H groups in total. The number of nitrogens with one attached hydrogen (secondary N) is 2. The number of hydrazine groups is 1. The van der Waals surface area contributed by atoms with Gasteiger partial charge in [-0.3, -0.25) is 5.43 Å². The van der Waals surface area contributed by atoms with Gasteiger partial charge in [0.15, 0.2) is 0 Å². The third-order valence-electron chi connectivity index (χ3n) is 2.90. The molecule has 3 aromatic rings. The number of nitrogens with zero attached hydrogens (tertiary/aromatic N) is 2. The summed E-state index contributed by atoms with van der Waals surface area (Å²) in [6, 6.07) is 6.52. The molecule has 0 bridgehead atoms. The molecule has 8 heteroatoms. The molecule has 0 amide bonds. The van der Waals surface area contributed by atoms with Crippen molar-refractivity contribution in [3.05, 3.63) is 46.0 Å². The Morgan fingerprint density at radius 1 is 1.29 bits per heavy atom. The molecule has 0 aliphatic heterocycles. The summed E-state index contributed by atoms with van der Waals surface area (Å²) < 4.78 is 13.1. The van der Waals surface area contributed by atoms with Gasteiger partial charge in [0.05, 0.1) is 10.4 Å². The summed E-state index contributed by atoms with van der Waals surface area (Å²) in [6.07, 6.45) is 0. The molecule has 0 aliphatic carbocycles. The highest BCUT2D eigenvalue weighted by atomic mass is 35.5. The smallest absolute Gasteiger partial charge is 0.240 e. The first-order chi connectivity index (χ1) is 10.2. The molecule has 108 valence electrons. The van der Waals surface area contributed by atoms with Crippen molar-refractivity contribution >= 4 is 44.9 Å². The van der Waals surface area contributed by atoms with Crippen LogP contribution in [0.25, 0.3) is 10.2 Å². The van der Waals surface area contributed by atoms with Gasteiger partial charge in [-0.25, -0.2) is 15.2 Å². The van der Waals surface area contributed by atoms with Crippen LogP contribution in [0.2, 0.25) is 5.02 Å². The Balaban J connectivity index is 1.87. The summed E-state index contributed by atoms with van der Waals surface area (Å²) in [5.74, 6) is 5.93. The van der Waals surface area contributed by atoms with Crippen LogP contribution in [0.5, 0.6) is 0 Å². The fourth-order valence-corrected chi connectivity index (χ4v) is 2.86. The normalized spacial score (nSPS) is 10.8. The van der Waals surface area contributed by atoms with E-state index in [2.05, 4.69) is 20.7 Å². The van der Waals surface area contributed by atoms with E-state index in [4.69, 9.17) is 17.4 Å². The topological polar surface area (TPSA) is 75.9 Å². The molecule has 0 unspecified atom stereocenters. The maximum absolute atomic E-state index is 13.1. The van der Waals surface area contributed by atoms with Gasteiger partial charge in [0.2, 0.25) is 5.95 Å². The van der Waals surface area contributed by atoms with Crippen LogP contribution in [-0.4, -0.2) is 9.97 Å². The molecule has 0 spiro atoms. The fourth-order valence-electron chi connectivity index (χ4n) is 1.89. The number of benzene rings is 1. The lowest BCUT2D eigenvalue weighted by Crippen LogP contribution is -2.12. The van der Waals surface area contributed by atoms with E-state index >= 15 is 0 Å². The zero-order chi connectivity index (χ0) is 14.8. The second kappa shape index (κ2) is 5.80. The van der Waals surface area contributed by atoms with E-state index in [9.17, 15) is 4.39 Å². The molecule has 1 aromatic carbocycles. The molecule has 0 aliphatic rings. The van der Waals surface area contributed by atoms with E-state index in [1.54, 1.807) is 12.1 Å². The first kappa shape index (κ1) is 14.0. The van der Waals surface area contributed by atoms with Crippen molar-refractivity contribution in [1.29, 1.82) is 0 Å². The quantitative estimate of drug-likeness (QED) is 0.507. The van der Waals surface area contributed by atoms with Gasteiger partial charge in [-0.1, -0.05) is 17.7 Å². The van der Waals surface area contributed by atoms with Crippen molar-refractivity contribution in [3.63, 3.8) is 0 Å². The van der Waals surface area contributed by atoms with Crippen LogP contribution in [0, 0.1) is 5.82 Å². The van der Waals surface area contributed by atoms with Gasteiger partial charge in [-0.2, -0.15) is 4.98 Å². The lowest BCUT2D eigenvalue weighted by Gasteiger charge is -2.09. The van der Waals surface area contributed by atoms with Gasteiger partial charge in [-0.15, -0.1) is 11.3 Å². The molecular weight excluding hydrogens is 313 g/mol. The Bertz CT molecular complexity index is 791. The minimum absolute atomic E-state index is 0.0991. The Morgan fingerprint density at radius 2 is 2.14 bits per heavy atom. The number of aromatic nitrogens is 2. The maximum Gasteiger partial charge on any atom is 0.240 e. The Labute approximate surface area is 128 Å². The first-order valence-electron chi connectivity index (χ1n) is 6.07. The molecule has 0 radical (unpaired) electrons. The molecule has 0 fully saturated rings. The average Bonchev–Trinajstić information content (AvgIpc) is 2.96. The molecule has 5 nitrogen and oxygen atoms in total. The van der Waals surface area contributed by atoms with Crippen molar-refractivity contribution in [2.45, 2.75) is 6.54 Å². The minimum atomic E-state index is -0.433. The van der Waals surface area contributed by atoms with Gasteiger partial charge in [0, 0.05) is 6.54 Å². The molecule has 0 atom stereocenters. The maximum atomic E-state index is 13.1. The summed E-state index contributed by atoms with van der Waals surface area (Å²) >= 11 is 7.27. The van der Waals surface area contributed by atoms with Crippen LogP contribution in [-0.2, 0) is 6.54 Å². The first-order valence-corrected chi connectivity index (χ1v) is 7.33. The van der Waals surface area contributed by atoms with Gasteiger partial charge < -0.3 is 5.32 Å². The summed E-state index contributed by atoms with van der Waals surface area (Å²) in [6.45, 7) is 0.464. The van der Waals surface area contributed by atoms with Crippen LogP contribution in [0.4, 0.5) is 16.2 Å². The summed E-state index contributed by atoms with van der Waals surface area (Å²) in [5.41, 5.74) is 3.29. The number of rotatable bonds is 4. The van der Waals surface area contributed by atoms with Gasteiger partial charge in [0.1, 0.15) is 16.5 Å². The van der Waals surface area contributed by atoms with E-state index in [1.165, 1.54) is 17.4 Å². The monoisotopic (exact) mass is 323 g/mol. The second-order valence-electron chi connectivity index (χ2n) is 4.28. The van der Waals surface area contributed by atoms with Gasteiger partial charge in [-0.05, 0) is 29.1 Å². The second-order valence-corrected chi connectivity index (χ2v) is 5.58. The standard InChI is InChI=1S/C13H11ClFN5S/c14-9-5-7(1-2-10(9)15)6-17-11-8-3-4-21-12(8)19-13(18-11)20-16/h1-5H,6,16H2,(H2,17,18,19,20). The van der Waals surface area contributed by atoms with Crippen LogP contribution in [0.3, 0.4) is 0 Å². The Hall–Kier alpha value is -1.96. The number of thiophene rings is 1.